The van der Waals surface area contributed by atoms with Crippen LogP contribution in [-0.2, 0) is 0 Å². The molecule has 2 unspecified atom stereocenters. The number of nitrogens with zero attached hydrogens (tertiary/aromatic N) is 1. The molecule has 0 aromatic heterocycles. The van der Waals surface area contributed by atoms with Crippen molar-refractivity contribution in [1.82, 2.24) is 0 Å². The maximum Gasteiger partial charge on any atom is 0.0692 e. The molecule has 80 valence electrons. The summed E-state index contributed by atoms with van der Waals surface area (Å²) in [5, 5.41) is 9.41. The molecule has 1 saturated carbocycles. The zero-order valence-corrected chi connectivity index (χ0v) is 9.84. The van der Waals surface area contributed by atoms with E-state index < -0.39 is 0 Å². The Morgan fingerprint density at radius 3 is 2.21 bits per heavy atom. The highest BCUT2D eigenvalue weighted by Crippen LogP contribution is 2.45. The zero-order valence-electron chi connectivity index (χ0n) is 9.84. The minimum atomic E-state index is 0.00762. The van der Waals surface area contributed by atoms with Gasteiger partial charge in [0.25, 0.3) is 0 Å². The molecule has 0 N–H and O–H groups in total. The van der Waals surface area contributed by atoms with Gasteiger partial charge in [0, 0.05) is 0 Å². The fraction of sp³-hybridized carbons (Fsp3) is 0.923. The van der Waals surface area contributed by atoms with Gasteiger partial charge >= 0.3 is 0 Å². The standard InChI is InChI=1S/C13H23N/c1-4-11(2)12(3)13(10-14)8-6-5-7-9-13/h11-12H,4-9H2,1-3H3. The van der Waals surface area contributed by atoms with Crippen LogP contribution in [0.3, 0.4) is 0 Å². The summed E-state index contributed by atoms with van der Waals surface area (Å²) in [5.74, 6) is 1.26. The summed E-state index contributed by atoms with van der Waals surface area (Å²) in [6.07, 6.45) is 7.31. The van der Waals surface area contributed by atoms with Crippen LogP contribution < -0.4 is 0 Å². The van der Waals surface area contributed by atoms with Crippen molar-refractivity contribution < 1.29 is 0 Å². The lowest BCUT2D eigenvalue weighted by molar-refractivity contribution is 0.128. The normalized spacial score (nSPS) is 25.0. The van der Waals surface area contributed by atoms with Gasteiger partial charge in [0.05, 0.1) is 11.5 Å². The monoisotopic (exact) mass is 193 g/mol. The van der Waals surface area contributed by atoms with E-state index in [4.69, 9.17) is 0 Å². The van der Waals surface area contributed by atoms with Crippen molar-refractivity contribution in [2.75, 3.05) is 0 Å². The van der Waals surface area contributed by atoms with Gasteiger partial charge in [-0.25, -0.2) is 0 Å². The quantitative estimate of drug-likeness (QED) is 0.660. The number of nitriles is 1. The molecule has 1 aliphatic carbocycles. The third-order valence-corrected chi connectivity index (χ3v) is 4.34. The third-order valence-electron chi connectivity index (χ3n) is 4.34. The average Bonchev–Trinajstić information content (AvgIpc) is 2.28. The van der Waals surface area contributed by atoms with E-state index in [1.165, 1.54) is 25.7 Å². The summed E-state index contributed by atoms with van der Waals surface area (Å²) in [4.78, 5) is 0. The summed E-state index contributed by atoms with van der Waals surface area (Å²) in [5.41, 5.74) is 0.00762. The molecule has 0 aromatic carbocycles. The van der Waals surface area contributed by atoms with Gasteiger partial charge < -0.3 is 0 Å². The molecule has 1 fully saturated rings. The predicted octanol–water partition coefficient (Wildman–Crippen LogP) is 4.14. The van der Waals surface area contributed by atoms with Gasteiger partial charge in [-0.2, -0.15) is 5.26 Å². The van der Waals surface area contributed by atoms with Crippen LogP contribution in [0.25, 0.3) is 0 Å². The molecular formula is C13H23N. The second-order valence-electron chi connectivity index (χ2n) is 5.00. The molecule has 0 bridgehead atoms. The van der Waals surface area contributed by atoms with Crippen molar-refractivity contribution in [1.29, 1.82) is 5.26 Å². The van der Waals surface area contributed by atoms with Crippen LogP contribution in [0.2, 0.25) is 0 Å². The van der Waals surface area contributed by atoms with Crippen molar-refractivity contribution in [3.8, 4) is 6.07 Å². The summed E-state index contributed by atoms with van der Waals surface area (Å²) in [6.45, 7) is 6.80. The lowest BCUT2D eigenvalue weighted by Gasteiger charge is -2.39. The Bertz CT molecular complexity index is 208. The Labute approximate surface area is 88.5 Å². The molecule has 1 rings (SSSR count). The van der Waals surface area contributed by atoms with Crippen molar-refractivity contribution in [2.45, 2.75) is 59.3 Å². The summed E-state index contributed by atoms with van der Waals surface area (Å²) < 4.78 is 0. The Kier molecular flexibility index (Phi) is 3.98. The van der Waals surface area contributed by atoms with E-state index >= 15 is 0 Å². The van der Waals surface area contributed by atoms with Gasteiger partial charge in [0.15, 0.2) is 0 Å². The maximum absolute atomic E-state index is 9.41. The first-order valence-corrected chi connectivity index (χ1v) is 6.07. The van der Waals surface area contributed by atoms with Crippen LogP contribution in [0.1, 0.15) is 59.3 Å². The predicted molar refractivity (Wildman–Crippen MR) is 59.8 cm³/mol. The molecular weight excluding hydrogens is 170 g/mol. The Morgan fingerprint density at radius 2 is 1.79 bits per heavy atom. The van der Waals surface area contributed by atoms with E-state index in [2.05, 4.69) is 26.8 Å². The molecule has 0 spiro atoms. The lowest BCUT2D eigenvalue weighted by atomic mass is 9.63. The highest BCUT2D eigenvalue weighted by Gasteiger charge is 2.39. The molecule has 0 aromatic rings. The molecule has 0 saturated heterocycles. The van der Waals surface area contributed by atoms with Crippen LogP contribution in [0.5, 0.6) is 0 Å². The fourth-order valence-electron chi connectivity index (χ4n) is 2.75. The SMILES string of the molecule is CCC(C)C(C)C1(C#N)CCCCC1. The first-order chi connectivity index (χ1) is 6.66. The minimum absolute atomic E-state index is 0.00762. The topological polar surface area (TPSA) is 23.8 Å². The molecule has 2 atom stereocenters. The van der Waals surface area contributed by atoms with Crippen LogP contribution in [0.15, 0.2) is 0 Å². The van der Waals surface area contributed by atoms with E-state index in [1.54, 1.807) is 0 Å². The highest BCUT2D eigenvalue weighted by molar-refractivity contribution is 5.04. The summed E-state index contributed by atoms with van der Waals surface area (Å²) in [7, 11) is 0. The van der Waals surface area contributed by atoms with E-state index in [1.807, 2.05) is 0 Å². The molecule has 0 amide bonds. The number of hydrogen-bond donors (Lipinski definition) is 0. The van der Waals surface area contributed by atoms with Crippen molar-refractivity contribution >= 4 is 0 Å². The fourth-order valence-corrected chi connectivity index (χ4v) is 2.75. The molecule has 14 heavy (non-hydrogen) atoms. The molecule has 1 aliphatic rings. The van der Waals surface area contributed by atoms with Crippen LogP contribution in [-0.4, -0.2) is 0 Å². The molecule has 0 aliphatic heterocycles. The third kappa shape index (κ3) is 2.11. The van der Waals surface area contributed by atoms with Crippen LogP contribution in [0.4, 0.5) is 0 Å². The van der Waals surface area contributed by atoms with Gasteiger partial charge in [-0.1, -0.05) is 46.5 Å². The molecule has 0 heterocycles. The maximum atomic E-state index is 9.41. The number of hydrogen-bond acceptors (Lipinski definition) is 1. The molecule has 1 heteroatoms. The smallest absolute Gasteiger partial charge is 0.0692 e. The zero-order chi connectivity index (χ0) is 10.6. The lowest BCUT2D eigenvalue weighted by Crippen LogP contribution is -2.33. The highest BCUT2D eigenvalue weighted by atomic mass is 14.5. The van der Waals surface area contributed by atoms with E-state index in [9.17, 15) is 5.26 Å². The number of rotatable bonds is 3. The minimum Gasteiger partial charge on any atom is -0.198 e. The van der Waals surface area contributed by atoms with Crippen molar-refractivity contribution in [3.63, 3.8) is 0 Å². The largest absolute Gasteiger partial charge is 0.198 e. The van der Waals surface area contributed by atoms with Crippen molar-refractivity contribution in [2.24, 2.45) is 17.3 Å². The second-order valence-corrected chi connectivity index (χ2v) is 5.00. The van der Waals surface area contributed by atoms with Crippen LogP contribution >= 0.6 is 0 Å². The van der Waals surface area contributed by atoms with Gasteiger partial charge in [-0.15, -0.1) is 0 Å². The second kappa shape index (κ2) is 4.82. The van der Waals surface area contributed by atoms with Gasteiger partial charge in [0.1, 0.15) is 0 Å². The first-order valence-electron chi connectivity index (χ1n) is 6.07. The molecule has 0 radical (unpaired) electrons. The van der Waals surface area contributed by atoms with E-state index in [0.29, 0.717) is 11.8 Å². The van der Waals surface area contributed by atoms with E-state index in [-0.39, 0.29) is 5.41 Å². The Hall–Kier alpha value is -0.510. The van der Waals surface area contributed by atoms with Gasteiger partial charge in [-0.3, -0.25) is 0 Å². The van der Waals surface area contributed by atoms with E-state index in [0.717, 1.165) is 12.8 Å². The first kappa shape index (κ1) is 11.6. The van der Waals surface area contributed by atoms with Gasteiger partial charge in [0.2, 0.25) is 0 Å². The Balaban J connectivity index is 2.73. The molecule has 1 nitrogen and oxygen atoms in total. The Morgan fingerprint density at radius 1 is 1.21 bits per heavy atom. The van der Waals surface area contributed by atoms with Crippen LogP contribution in [0, 0.1) is 28.6 Å². The van der Waals surface area contributed by atoms with Gasteiger partial charge in [-0.05, 0) is 24.7 Å². The summed E-state index contributed by atoms with van der Waals surface area (Å²) >= 11 is 0. The average molecular weight is 193 g/mol. The summed E-state index contributed by atoms with van der Waals surface area (Å²) in [6, 6.07) is 2.63. The van der Waals surface area contributed by atoms with Crippen molar-refractivity contribution in [3.05, 3.63) is 0 Å².